The second kappa shape index (κ2) is 11.3. The molecule has 0 N–H and O–H groups in total. The van der Waals surface area contributed by atoms with Crippen molar-refractivity contribution in [3.05, 3.63) is 48.6 Å². The van der Waals surface area contributed by atoms with Gasteiger partial charge >= 0.3 is 6.09 Å². The Kier molecular flexibility index (Phi) is 8.70. The van der Waals surface area contributed by atoms with Gasteiger partial charge < -0.3 is 14.2 Å². The molecule has 8 nitrogen and oxygen atoms in total. The Morgan fingerprint density at radius 3 is 2.66 bits per heavy atom. The van der Waals surface area contributed by atoms with Crippen LogP contribution in [0.2, 0.25) is 0 Å². The summed E-state index contributed by atoms with van der Waals surface area (Å²) in [4.78, 5) is 14.6. The first kappa shape index (κ1) is 24.7. The van der Waals surface area contributed by atoms with Crippen LogP contribution >= 0.6 is 0 Å². The molecule has 0 unspecified atom stereocenters. The van der Waals surface area contributed by atoms with Gasteiger partial charge in [-0.25, -0.2) is 4.79 Å². The zero-order chi connectivity index (χ0) is 23.0. The van der Waals surface area contributed by atoms with Crippen molar-refractivity contribution in [3.8, 4) is 0 Å². The predicted octanol–water partition coefficient (Wildman–Crippen LogP) is 3.62. The van der Waals surface area contributed by atoms with Crippen LogP contribution in [0, 0.1) is 0 Å². The van der Waals surface area contributed by atoms with Gasteiger partial charge in [-0.15, -0.1) is 6.58 Å². The van der Waals surface area contributed by atoms with Gasteiger partial charge in [0.25, 0.3) is 10.1 Å². The van der Waals surface area contributed by atoms with E-state index in [4.69, 9.17) is 18.4 Å². The summed E-state index contributed by atoms with van der Waals surface area (Å²) >= 11 is 0. The molecule has 2 aliphatic rings. The molecular weight excluding hydrogens is 434 g/mol. The maximum atomic E-state index is 13.0. The molecule has 0 radical (unpaired) electrons. The van der Waals surface area contributed by atoms with Crippen LogP contribution in [-0.2, 0) is 35.1 Å². The van der Waals surface area contributed by atoms with Crippen molar-refractivity contribution in [2.45, 2.75) is 63.1 Å². The number of benzene rings is 1. The molecule has 1 heterocycles. The molecule has 2 atom stereocenters. The molecule has 32 heavy (non-hydrogen) atoms. The molecule has 1 saturated heterocycles. The van der Waals surface area contributed by atoms with Gasteiger partial charge in [0.1, 0.15) is 12.7 Å². The highest BCUT2D eigenvalue weighted by atomic mass is 32.2. The summed E-state index contributed by atoms with van der Waals surface area (Å²) in [5.74, 6) is -0.618. The largest absolute Gasteiger partial charge is 0.445 e. The first-order valence-corrected chi connectivity index (χ1v) is 12.9. The van der Waals surface area contributed by atoms with E-state index in [0.29, 0.717) is 6.61 Å². The molecule has 0 aromatic heterocycles. The molecule has 9 heteroatoms. The Balaban J connectivity index is 1.73. The molecule has 1 amide bonds. The second-order valence-electron chi connectivity index (χ2n) is 8.30. The van der Waals surface area contributed by atoms with Gasteiger partial charge in [-0.2, -0.15) is 8.42 Å². The fourth-order valence-electron chi connectivity index (χ4n) is 4.27. The normalized spacial score (nSPS) is 21.2. The minimum Gasteiger partial charge on any atom is -0.445 e. The third-order valence-electron chi connectivity index (χ3n) is 5.80. The van der Waals surface area contributed by atoms with Crippen LogP contribution in [0.15, 0.2) is 43.0 Å². The molecule has 1 aromatic rings. The van der Waals surface area contributed by atoms with Gasteiger partial charge in [-0.3, -0.25) is 9.08 Å². The molecule has 1 saturated carbocycles. The number of nitrogens with zero attached hydrogens (tertiary/aromatic N) is 1. The first-order valence-electron chi connectivity index (χ1n) is 11.1. The van der Waals surface area contributed by atoms with E-state index in [9.17, 15) is 13.2 Å². The molecular formula is C23H33NO7S. The Hall–Kier alpha value is -1.94. The third kappa shape index (κ3) is 7.03. The average molecular weight is 468 g/mol. The van der Waals surface area contributed by atoms with E-state index in [1.807, 2.05) is 30.3 Å². The Bertz CT molecular complexity index is 852. The number of carbonyl (C=O) groups excluding carboxylic acids is 1. The highest BCUT2D eigenvalue weighted by molar-refractivity contribution is 7.85. The van der Waals surface area contributed by atoms with E-state index in [-0.39, 0.29) is 26.2 Å². The maximum absolute atomic E-state index is 13.0. The van der Waals surface area contributed by atoms with E-state index in [1.54, 1.807) is 6.08 Å². The van der Waals surface area contributed by atoms with E-state index in [0.717, 1.165) is 43.9 Å². The summed E-state index contributed by atoms with van der Waals surface area (Å²) in [5, 5.41) is 0. The number of hydrogen-bond donors (Lipinski definition) is 0. The zero-order valence-corrected chi connectivity index (χ0v) is 19.4. The van der Waals surface area contributed by atoms with Crippen LogP contribution in [0.5, 0.6) is 0 Å². The molecule has 1 aromatic carbocycles. The monoisotopic (exact) mass is 467 g/mol. The summed E-state index contributed by atoms with van der Waals surface area (Å²) in [5.41, 5.74) is 0.873. The van der Waals surface area contributed by atoms with Crippen molar-refractivity contribution in [1.82, 2.24) is 4.90 Å². The van der Waals surface area contributed by atoms with Gasteiger partial charge in [-0.05, 0) is 24.8 Å². The van der Waals surface area contributed by atoms with E-state index in [1.165, 1.54) is 4.90 Å². The lowest BCUT2D eigenvalue weighted by molar-refractivity contribution is -0.192. The highest BCUT2D eigenvalue weighted by Gasteiger charge is 2.46. The van der Waals surface area contributed by atoms with E-state index >= 15 is 0 Å². The fraction of sp³-hybridized carbons (Fsp3) is 0.609. The first-order chi connectivity index (χ1) is 15.3. The fourth-order valence-corrected chi connectivity index (χ4v) is 4.67. The average Bonchev–Trinajstić information content (AvgIpc) is 3.17. The Labute approximate surface area is 190 Å². The highest BCUT2D eigenvalue weighted by Crippen LogP contribution is 2.39. The Morgan fingerprint density at radius 2 is 2.00 bits per heavy atom. The summed E-state index contributed by atoms with van der Waals surface area (Å²) in [7, 11) is -3.60. The molecule has 2 fully saturated rings. The quantitative estimate of drug-likeness (QED) is 0.383. The molecule has 178 valence electrons. The van der Waals surface area contributed by atoms with Crippen molar-refractivity contribution in [2.75, 3.05) is 26.0 Å². The zero-order valence-electron chi connectivity index (χ0n) is 18.6. The molecule has 1 spiro atoms. The summed E-state index contributed by atoms with van der Waals surface area (Å²) in [6, 6.07) is 8.92. The van der Waals surface area contributed by atoms with E-state index in [2.05, 4.69) is 6.58 Å². The standard InChI is InChI=1S/C23H33NO7S/c1-3-15-24(22(25)28-17-19-10-6-4-7-11-19)20(12-16-30-32(2,26)27)21-18-29-23(31-21)13-8-5-9-14-23/h3-4,6-7,10-11,20-21H,1,5,8-9,12-18H2,2H3/t20-,21-/m1/s1. The minimum atomic E-state index is -3.60. The van der Waals surface area contributed by atoms with Crippen molar-refractivity contribution in [2.24, 2.45) is 0 Å². The summed E-state index contributed by atoms with van der Waals surface area (Å²) in [6.45, 7) is 4.37. The molecule has 3 rings (SSSR count). The van der Waals surface area contributed by atoms with Crippen LogP contribution in [0.3, 0.4) is 0 Å². The lowest BCUT2D eigenvalue weighted by atomic mass is 9.94. The molecule has 0 bridgehead atoms. The predicted molar refractivity (Wildman–Crippen MR) is 119 cm³/mol. The van der Waals surface area contributed by atoms with Crippen LogP contribution < -0.4 is 0 Å². The molecule has 1 aliphatic carbocycles. The van der Waals surface area contributed by atoms with Gasteiger partial charge in [0.05, 0.1) is 25.5 Å². The lowest BCUT2D eigenvalue weighted by Gasteiger charge is -2.36. The van der Waals surface area contributed by atoms with Crippen LogP contribution in [0.25, 0.3) is 0 Å². The van der Waals surface area contributed by atoms with Gasteiger partial charge in [0.2, 0.25) is 0 Å². The smallest absolute Gasteiger partial charge is 0.410 e. The van der Waals surface area contributed by atoms with Gasteiger partial charge in [0.15, 0.2) is 5.79 Å². The van der Waals surface area contributed by atoms with Crippen molar-refractivity contribution in [1.29, 1.82) is 0 Å². The SMILES string of the molecule is C=CCN(C(=O)OCc1ccccc1)[C@H](CCOS(C)(=O)=O)[C@H]1COC2(CCCCC2)O1. The number of amides is 1. The summed E-state index contributed by atoms with van der Waals surface area (Å²) in [6.07, 6.45) is 6.78. The number of ether oxygens (including phenoxy) is 3. The van der Waals surface area contributed by atoms with Crippen molar-refractivity contribution >= 4 is 16.2 Å². The maximum Gasteiger partial charge on any atom is 0.410 e. The van der Waals surface area contributed by atoms with Crippen molar-refractivity contribution < 1.29 is 31.6 Å². The molecule has 1 aliphatic heterocycles. The van der Waals surface area contributed by atoms with Crippen LogP contribution in [0.1, 0.15) is 44.1 Å². The number of carbonyl (C=O) groups is 1. The Morgan fingerprint density at radius 1 is 1.28 bits per heavy atom. The number of rotatable bonds is 10. The lowest BCUT2D eigenvalue weighted by Crippen LogP contribution is -2.49. The van der Waals surface area contributed by atoms with Crippen molar-refractivity contribution in [3.63, 3.8) is 0 Å². The van der Waals surface area contributed by atoms with Crippen LogP contribution in [-0.4, -0.2) is 63.4 Å². The van der Waals surface area contributed by atoms with Gasteiger partial charge in [0, 0.05) is 19.4 Å². The second-order valence-corrected chi connectivity index (χ2v) is 9.95. The topological polar surface area (TPSA) is 91.4 Å². The summed E-state index contributed by atoms with van der Waals surface area (Å²) < 4.78 is 45.9. The van der Waals surface area contributed by atoms with Gasteiger partial charge in [-0.1, -0.05) is 42.8 Å². The third-order valence-corrected chi connectivity index (χ3v) is 6.39. The minimum absolute atomic E-state index is 0.0734. The van der Waals surface area contributed by atoms with Crippen LogP contribution in [0.4, 0.5) is 4.79 Å². The number of hydrogen-bond acceptors (Lipinski definition) is 7. The van der Waals surface area contributed by atoms with E-state index < -0.39 is 34.1 Å².